The Morgan fingerprint density at radius 1 is 1.17 bits per heavy atom. The smallest absolute Gasteiger partial charge is 0.0288 e. The van der Waals surface area contributed by atoms with Crippen LogP contribution in [0.25, 0.3) is 0 Å². The molecule has 2 heteroatoms. The second-order valence-electron chi connectivity index (χ2n) is 7.84. The van der Waals surface area contributed by atoms with Crippen LogP contribution >= 0.6 is 0 Å². The lowest BCUT2D eigenvalue weighted by Crippen LogP contribution is -2.36. The third kappa shape index (κ3) is 6.89. The molecular formula is C21H37NSi. The third-order valence-corrected chi connectivity index (χ3v) is 5.85. The molecule has 130 valence electrons. The normalized spacial score (nSPS) is 24.3. The zero-order chi connectivity index (χ0) is 16.5. The maximum absolute atomic E-state index is 3.90. The zero-order valence-corrected chi connectivity index (χ0v) is 16.9. The molecule has 0 saturated heterocycles. The van der Waals surface area contributed by atoms with Crippen molar-refractivity contribution in [3.05, 3.63) is 23.8 Å². The Bertz CT molecular complexity index is 424. The topological polar surface area (TPSA) is 12.0 Å². The number of nitrogens with one attached hydrogen (secondary N) is 1. The lowest BCUT2D eigenvalue weighted by atomic mass is 9.93. The fourth-order valence-corrected chi connectivity index (χ4v) is 4.35. The Labute approximate surface area is 147 Å². The van der Waals surface area contributed by atoms with Gasteiger partial charge in [-0.2, -0.15) is 0 Å². The highest BCUT2D eigenvalue weighted by Gasteiger charge is 2.30. The molecule has 1 nitrogen and oxygen atoms in total. The summed E-state index contributed by atoms with van der Waals surface area (Å²) in [6, 6.07) is 1.33. The van der Waals surface area contributed by atoms with Crippen LogP contribution in [0.2, 0.25) is 0 Å². The van der Waals surface area contributed by atoms with Gasteiger partial charge in [0.15, 0.2) is 0 Å². The van der Waals surface area contributed by atoms with Crippen molar-refractivity contribution in [2.45, 2.75) is 96.6 Å². The lowest BCUT2D eigenvalue weighted by molar-refractivity contribution is 0.441. The van der Waals surface area contributed by atoms with Crippen LogP contribution in [0.4, 0.5) is 0 Å². The van der Waals surface area contributed by atoms with Gasteiger partial charge < -0.3 is 5.32 Å². The highest BCUT2D eigenvalue weighted by atomic mass is 28.1. The van der Waals surface area contributed by atoms with Gasteiger partial charge in [0, 0.05) is 12.1 Å². The maximum Gasteiger partial charge on any atom is 0.0288 e. The van der Waals surface area contributed by atoms with Gasteiger partial charge in [-0.1, -0.05) is 55.5 Å². The molecule has 0 aromatic rings. The van der Waals surface area contributed by atoms with Gasteiger partial charge in [0.25, 0.3) is 0 Å². The average molecular weight is 332 g/mol. The number of allylic oxidation sites excluding steroid dienone is 3. The number of hydrogen-bond donors (Lipinski definition) is 1. The quantitative estimate of drug-likeness (QED) is 0.432. The van der Waals surface area contributed by atoms with Crippen molar-refractivity contribution in [2.75, 3.05) is 0 Å². The van der Waals surface area contributed by atoms with Crippen molar-refractivity contribution in [1.82, 2.24) is 5.32 Å². The van der Waals surface area contributed by atoms with Gasteiger partial charge in [0.2, 0.25) is 0 Å². The molecule has 1 saturated carbocycles. The molecule has 0 aromatic carbocycles. The van der Waals surface area contributed by atoms with Crippen molar-refractivity contribution < 1.29 is 0 Å². The predicted molar refractivity (Wildman–Crippen MR) is 107 cm³/mol. The van der Waals surface area contributed by atoms with E-state index in [9.17, 15) is 0 Å². The van der Waals surface area contributed by atoms with Crippen LogP contribution in [0.5, 0.6) is 0 Å². The van der Waals surface area contributed by atoms with E-state index in [0.717, 1.165) is 5.92 Å². The third-order valence-electron chi connectivity index (χ3n) is 5.50. The van der Waals surface area contributed by atoms with E-state index in [1.807, 2.05) is 0 Å². The van der Waals surface area contributed by atoms with E-state index in [1.54, 1.807) is 10.7 Å². The van der Waals surface area contributed by atoms with E-state index in [2.05, 4.69) is 47.2 Å². The van der Waals surface area contributed by atoms with E-state index >= 15 is 0 Å². The molecule has 2 rings (SSSR count). The van der Waals surface area contributed by atoms with Gasteiger partial charge in [0.05, 0.1) is 0 Å². The second kappa shape index (κ2) is 10.4. The molecule has 0 radical (unpaired) electrons. The van der Waals surface area contributed by atoms with Crippen molar-refractivity contribution in [3.63, 3.8) is 0 Å². The largest absolute Gasteiger partial charge is 0.308 e. The van der Waals surface area contributed by atoms with Crippen LogP contribution in [0.15, 0.2) is 23.8 Å². The molecule has 0 aromatic heterocycles. The molecule has 0 aliphatic heterocycles. The van der Waals surface area contributed by atoms with Gasteiger partial charge in [-0.25, -0.2) is 0 Å². The Kier molecular flexibility index (Phi) is 8.53. The first kappa shape index (κ1) is 18.9. The van der Waals surface area contributed by atoms with Gasteiger partial charge in [-0.05, 0) is 73.7 Å². The van der Waals surface area contributed by atoms with Gasteiger partial charge in [-0.3, -0.25) is 0 Å². The molecule has 0 heterocycles. The minimum absolute atomic E-state index is 0.661. The van der Waals surface area contributed by atoms with E-state index in [0.29, 0.717) is 12.1 Å². The minimum atomic E-state index is 0.661. The highest BCUT2D eigenvalue weighted by molar-refractivity contribution is 6.37. The fourth-order valence-electron chi connectivity index (χ4n) is 4.10. The summed E-state index contributed by atoms with van der Waals surface area (Å²) >= 11 is 0. The van der Waals surface area contributed by atoms with Crippen LogP contribution < -0.4 is 5.32 Å². The zero-order valence-electron chi connectivity index (χ0n) is 15.4. The molecule has 2 aliphatic rings. The van der Waals surface area contributed by atoms with Crippen molar-refractivity contribution in [3.8, 4) is 0 Å². The molecule has 2 aliphatic carbocycles. The monoisotopic (exact) mass is 331 g/mol. The molecule has 3 atom stereocenters. The van der Waals surface area contributed by atoms with Crippen LogP contribution in [0, 0.1) is 5.92 Å². The summed E-state index contributed by atoms with van der Waals surface area (Å²) in [6.45, 7) is 4.65. The summed E-state index contributed by atoms with van der Waals surface area (Å²) in [6.07, 6.45) is 22.2. The average Bonchev–Trinajstić information content (AvgIpc) is 2.93. The molecule has 1 N–H and O–H groups in total. The molecule has 0 bridgehead atoms. The van der Waals surface area contributed by atoms with Crippen molar-refractivity contribution in [2.24, 2.45) is 5.92 Å². The summed E-state index contributed by atoms with van der Waals surface area (Å²) in [7, 11) is 2.06. The van der Waals surface area contributed by atoms with Gasteiger partial charge >= 0.3 is 0 Å². The SMILES string of the molecule is CC(=[SiH2])CCCCCCCCC(C)NC1CCC2CC=CC=C21. The molecule has 0 spiro atoms. The van der Waals surface area contributed by atoms with Gasteiger partial charge in [0.1, 0.15) is 0 Å². The Morgan fingerprint density at radius 2 is 1.91 bits per heavy atom. The van der Waals surface area contributed by atoms with Crippen LogP contribution in [0.3, 0.4) is 0 Å². The van der Waals surface area contributed by atoms with Crippen LogP contribution in [-0.2, 0) is 0 Å². The van der Waals surface area contributed by atoms with Gasteiger partial charge in [-0.15, -0.1) is 0 Å². The van der Waals surface area contributed by atoms with Crippen LogP contribution in [0.1, 0.15) is 84.5 Å². The molecule has 3 unspecified atom stereocenters. The Morgan fingerprint density at radius 3 is 2.70 bits per heavy atom. The summed E-state index contributed by atoms with van der Waals surface area (Å²) in [4.78, 5) is 0. The summed E-state index contributed by atoms with van der Waals surface area (Å²) in [5, 5.41) is 5.51. The summed E-state index contributed by atoms with van der Waals surface area (Å²) in [5.74, 6) is 0.842. The summed E-state index contributed by atoms with van der Waals surface area (Å²) in [5.41, 5.74) is 1.68. The highest BCUT2D eigenvalue weighted by Crippen LogP contribution is 2.36. The van der Waals surface area contributed by atoms with Crippen molar-refractivity contribution >= 4 is 15.0 Å². The first-order chi connectivity index (χ1) is 11.2. The van der Waals surface area contributed by atoms with E-state index in [4.69, 9.17) is 0 Å². The standard InChI is InChI=1S/C21H37NSi/c1-17(11-7-5-3-4-6-8-12-18(2)23)22-21-16-15-19-13-9-10-14-20(19)21/h9-10,14,17,19,21-22H,3-8,11-13,15-16,23H2,1-2H3. The van der Waals surface area contributed by atoms with E-state index in [1.165, 1.54) is 70.6 Å². The minimum Gasteiger partial charge on any atom is -0.308 e. The second-order valence-corrected chi connectivity index (χ2v) is 9.05. The first-order valence-electron chi connectivity index (χ1n) is 9.94. The molecule has 0 amide bonds. The maximum atomic E-state index is 3.90. The number of hydrogen-bond acceptors (Lipinski definition) is 1. The molecule has 1 fully saturated rings. The van der Waals surface area contributed by atoms with Crippen LogP contribution in [-0.4, -0.2) is 27.1 Å². The first-order valence-corrected chi connectivity index (χ1v) is 10.6. The van der Waals surface area contributed by atoms with E-state index < -0.39 is 0 Å². The summed E-state index contributed by atoms with van der Waals surface area (Å²) < 4.78 is 0. The number of rotatable bonds is 11. The number of fused-ring (bicyclic) bond motifs is 1. The Balaban J connectivity index is 1.50. The van der Waals surface area contributed by atoms with Crippen molar-refractivity contribution in [1.29, 1.82) is 0 Å². The van der Waals surface area contributed by atoms with E-state index in [-0.39, 0.29) is 0 Å². The lowest BCUT2D eigenvalue weighted by Gasteiger charge is -2.23. The molecule has 23 heavy (non-hydrogen) atoms. The predicted octanol–water partition coefficient (Wildman–Crippen LogP) is 4.58. The Hall–Kier alpha value is -0.473. The fraction of sp³-hybridized carbons (Fsp3) is 0.762. The molecular weight excluding hydrogens is 294 g/mol. The number of unbranched alkanes of at least 4 members (excludes halogenated alkanes) is 5.